The number of benzene rings is 1. The van der Waals surface area contributed by atoms with Crippen molar-refractivity contribution in [3.63, 3.8) is 0 Å². The van der Waals surface area contributed by atoms with E-state index in [-0.39, 0.29) is 12.1 Å². The Hall–Kier alpha value is -1.30. The summed E-state index contributed by atoms with van der Waals surface area (Å²) in [7, 11) is 3.17. The molecule has 2 rings (SSSR count). The maximum Gasteiger partial charge on any atom is 0.124 e. The molecule has 0 aromatic heterocycles. The topological polar surface area (TPSA) is 71.0 Å². The lowest BCUT2D eigenvalue weighted by atomic mass is 9.98. The first-order valence-corrected chi connectivity index (χ1v) is 7.40. The Kier molecular flexibility index (Phi) is 5.45. The molecule has 5 nitrogen and oxygen atoms in total. The molecule has 1 atom stereocenters. The lowest BCUT2D eigenvalue weighted by Crippen LogP contribution is -2.47. The molecule has 1 aliphatic rings. The van der Waals surface area contributed by atoms with Crippen molar-refractivity contribution in [1.82, 2.24) is 5.32 Å². The minimum Gasteiger partial charge on any atom is -0.497 e. The van der Waals surface area contributed by atoms with Crippen molar-refractivity contribution in [3.8, 4) is 11.5 Å². The van der Waals surface area contributed by atoms with Crippen LogP contribution in [0.25, 0.3) is 0 Å². The summed E-state index contributed by atoms with van der Waals surface area (Å²) < 4.78 is 10.5. The second-order valence-corrected chi connectivity index (χ2v) is 5.65. The number of rotatable bonds is 7. The predicted molar refractivity (Wildman–Crippen MR) is 80.8 cm³/mol. The molecule has 1 aliphatic carbocycles. The number of hydrogen-bond donors (Lipinski definition) is 3. The molecule has 0 aliphatic heterocycles. The highest BCUT2D eigenvalue weighted by Gasteiger charge is 2.33. The summed E-state index contributed by atoms with van der Waals surface area (Å²) in [6.07, 6.45) is 3.42. The molecule has 118 valence electrons. The van der Waals surface area contributed by atoms with E-state index in [1.165, 1.54) is 0 Å². The summed E-state index contributed by atoms with van der Waals surface area (Å²) in [5.41, 5.74) is 0.447. The number of aliphatic hydroxyl groups is 2. The molecule has 0 heterocycles. The van der Waals surface area contributed by atoms with Crippen molar-refractivity contribution < 1.29 is 19.7 Å². The zero-order valence-corrected chi connectivity index (χ0v) is 12.8. The van der Waals surface area contributed by atoms with Crippen LogP contribution in [0.15, 0.2) is 18.2 Å². The van der Waals surface area contributed by atoms with Crippen molar-refractivity contribution in [3.05, 3.63) is 23.8 Å². The number of nitrogens with one attached hydrogen (secondary N) is 1. The van der Waals surface area contributed by atoms with Gasteiger partial charge in [0.1, 0.15) is 11.5 Å². The fourth-order valence-electron chi connectivity index (χ4n) is 2.97. The molecule has 0 amide bonds. The number of β-amino-alcohol motifs (C(OH)–C–C–N with tert-alkyl or cyclic N) is 1. The van der Waals surface area contributed by atoms with Gasteiger partial charge in [-0.05, 0) is 31.0 Å². The molecule has 0 saturated heterocycles. The number of aliphatic hydroxyl groups excluding tert-OH is 2. The Morgan fingerprint density at radius 3 is 2.52 bits per heavy atom. The molecule has 0 bridgehead atoms. The van der Waals surface area contributed by atoms with E-state index in [1.54, 1.807) is 32.4 Å². The van der Waals surface area contributed by atoms with E-state index in [4.69, 9.17) is 9.47 Å². The van der Waals surface area contributed by atoms with Gasteiger partial charge >= 0.3 is 0 Å². The van der Waals surface area contributed by atoms with Gasteiger partial charge in [0.2, 0.25) is 0 Å². The monoisotopic (exact) mass is 295 g/mol. The Bertz CT molecular complexity index is 458. The van der Waals surface area contributed by atoms with Gasteiger partial charge in [0, 0.05) is 17.6 Å². The lowest BCUT2D eigenvalue weighted by Gasteiger charge is -2.29. The van der Waals surface area contributed by atoms with E-state index in [1.807, 2.05) is 0 Å². The highest BCUT2D eigenvalue weighted by Crippen LogP contribution is 2.32. The molecule has 1 fully saturated rings. The van der Waals surface area contributed by atoms with Crippen LogP contribution in [0, 0.1) is 0 Å². The molecule has 3 N–H and O–H groups in total. The highest BCUT2D eigenvalue weighted by atomic mass is 16.5. The lowest BCUT2D eigenvalue weighted by molar-refractivity contribution is 0.121. The van der Waals surface area contributed by atoms with E-state index >= 15 is 0 Å². The van der Waals surface area contributed by atoms with Gasteiger partial charge in [-0.3, -0.25) is 0 Å². The molecule has 1 aromatic rings. The summed E-state index contributed by atoms with van der Waals surface area (Å²) in [6, 6.07) is 5.37. The Morgan fingerprint density at radius 2 is 1.95 bits per heavy atom. The molecule has 1 unspecified atom stereocenters. The van der Waals surface area contributed by atoms with E-state index in [2.05, 4.69) is 5.32 Å². The zero-order valence-electron chi connectivity index (χ0n) is 12.8. The SMILES string of the molecule is COc1ccc(OC)c(C(O)CNC2(CO)CCCC2)c1. The number of hydrogen-bond acceptors (Lipinski definition) is 5. The largest absolute Gasteiger partial charge is 0.497 e. The summed E-state index contributed by atoms with van der Waals surface area (Å²) in [6.45, 7) is 0.485. The van der Waals surface area contributed by atoms with E-state index < -0.39 is 6.10 Å². The Labute approximate surface area is 125 Å². The summed E-state index contributed by atoms with van der Waals surface area (Å²) in [5.74, 6) is 1.32. The van der Waals surface area contributed by atoms with Crippen LogP contribution < -0.4 is 14.8 Å². The van der Waals surface area contributed by atoms with Gasteiger partial charge in [-0.25, -0.2) is 0 Å². The van der Waals surface area contributed by atoms with Gasteiger partial charge in [-0.1, -0.05) is 12.8 Å². The molecule has 21 heavy (non-hydrogen) atoms. The van der Waals surface area contributed by atoms with Gasteiger partial charge in [0.25, 0.3) is 0 Å². The van der Waals surface area contributed by atoms with Crippen LogP contribution in [0.4, 0.5) is 0 Å². The minimum atomic E-state index is -0.709. The molecular formula is C16H25NO4. The minimum absolute atomic E-state index is 0.106. The van der Waals surface area contributed by atoms with Crippen molar-refractivity contribution in [2.75, 3.05) is 27.4 Å². The van der Waals surface area contributed by atoms with Crippen LogP contribution in [-0.2, 0) is 0 Å². The number of methoxy groups -OCH3 is 2. The smallest absolute Gasteiger partial charge is 0.124 e. The van der Waals surface area contributed by atoms with Crippen molar-refractivity contribution in [1.29, 1.82) is 0 Å². The molecule has 0 radical (unpaired) electrons. The van der Waals surface area contributed by atoms with Gasteiger partial charge in [0.05, 0.1) is 26.9 Å². The molecule has 1 saturated carbocycles. The standard InChI is InChI=1S/C16H25NO4/c1-20-12-5-6-15(21-2)13(9-12)14(19)10-17-16(11-18)7-3-4-8-16/h5-6,9,14,17-19H,3-4,7-8,10-11H2,1-2H3. The van der Waals surface area contributed by atoms with Gasteiger partial charge < -0.3 is 25.0 Å². The van der Waals surface area contributed by atoms with Crippen LogP contribution in [0.5, 0.6) is 11.5 Å². The van der Waals surface area contributed by atoms with Crippen LogP contribution >= 0.6 is 0 Å². The van der Waals surface area contributed by atoms with Crippen LogP contribution in [-0.4, -0.2) is 43.1 Å². The van der Waals surface area contributed by atoms with Gasteiger partial charge in [0.15, 0.2) is 0 Å². The fourth-order valence-corrected chi connectivity index (χ4v) is 2.97. The normalized spacial score (nSPS) is 18.5. The third-order valence-corrected chi connectivity index (χ3v) is 4.33. The zero-order chi connectivity index (χ0) is 15.3. The predicted octanol–water partition coefficient (Wildman–Crippen LogP) is 1.63. The Balaban J connectivity index is 2.07. The number of ether oxygens (including phenoxy) is 2. The van der Waals surface area contributed by atoms with E-state index in [9.17, 15) is 10.2 Å². The molecule has 0 spiro atoms. The second kappa shape index (κ2) is 7.11. The maximum atomic E-state index is 10.4. The van der Waals surface area contributed by atoms with Crippen LogP contribution in [0.1, 0.15) is 37.4 Å². The van der Waals surface area contributed by atoms with Crippen molar-refractivity contribution >= 4 is 0 Å². The highest BCUT2D eigenvalue weighted by molar-refractivity contribution is 5.41. The average molecular weight is 295 g/mol. The van der Waals surface area contributed by atoms with E-state index in [0.717, 1.165) is 25.7 Å². The van der Waals surface area contributed by atoms with Crippen molar-refractivity contribution in [2.45, 2.75) is 37.3 Å². The Morgan fingerprint density at radius 1 is 1.24 bits per heavy atom. The summed E-state index contributed by atoms with van der Waals surface area (Å²) in [5, 5.41) is 23.4. The van der Waals surface area contributed by atoms with Crippen LogP contribution in [0.3, 0.4) is 0 Å². The first-order valence-electron chi connectivity index (χ1n) is 7.40. The van der Waals surface area contributed by atoms with Gasteiger partial charge in [-0.2, -0.15) is 0 Å². The third kappa shape index (κ3) is 3.67. The summed E-state index contributed by atoms with van der Waals surface area (Å²) >= 11 is 0. The second-order valence-electron chi connectivity index (χ2n) is 5.65. The molecular weight excluding hydrogens is 270 g/mol. The fraction of sp³-hybridized carbons (Fsp3) is 0.625. The summed E-state index contributed by atoms with van der Waals surface area (Å²) in [4.78, 5) is 0. The van der Waals surface area contributed by atoms with Gasteiger partial charge in [-0.15, -0.1) is 0 Å². The average Bonchev–Trinajstić information content (AvgIpc) is 3.01. The first kappa shape index (κ1) is 16.1. The molecule has 5 heteroatoms. The van der Waals surface area contributed by atoms with Crippen LogP contribution in [0.2, 0.25) is 0 Å². The maximum absolute atomic E-state index is 10.4. The third-order valence-electron chi connectivity index (χ3n) is 4.33. The molecule has 1 aromatic carbocycles. The van der Waals surface area contributed by atoms with Crippen molar-refractivity contribution in [2.24, 2.45) is 0 Å². The first-order chi connectivity index (χ1) is 10.1. The quantitative estimate of drug-likeness (QED) is 0.713. The van der Waals surface area contributed by atoms with E-state index in [0.29, 0.717) is 23.6 Å².